The van der Waals surface area contributed by atoms with Crippen LogP contribution >= 0.6 is 0 Å². The van der Waals surface area contributed by atoms with Crippen molar-refractivity contribution < 1.29 is 55.0 Å². The van der Waals surface area contributed by atoms with Gasteiger partial charge in [0.2, 0.25) is 27.7 Å². The van der Waals surface area contributed by atoms with E-state index in [1.165, 1.54) is 36.4 Å². The molecule has 2 amide bonds. The SMILES string of the molecule is CC[C@@H]1C[C@H](C)CC/C=C\[C@@H]2C[C@@]2(C(=O)NS(=O)(=O)C2CC2)CC(=O)[C@@H]2C[C@@H](Oc3ncc(OC)c4ccc(F)cc34)CN2C(=O)[C@H]1CC(=O)OC(C)(C)C(C)(F)F. The van der Waals surface area contributed by atoms with Crippen LogP contribution in [0.25, 0.3) is 10.8 Å². The van der Waals surface area contributed by atoms with Crippen LogP contribution in [-0.2, 0) is 33.9 Å². The molecule has 1 aromatic heterocycles. The molecule has 0 bridgehead atoms. The maximum Gasteiger partial charge on any atom is 0.307 e. The van der Waals surface area contributed by atoms with Gasteiger partial charge in [0.1, 0.15) is 17.7 Å². The van der Waals surface area contributed by atoms with Crippen LogP contribution in [0.5, 0.6) is 11.6 Å². The first-order valence-corrected chi connectivity index (χ1v) is 21.7. The number of nitrogens with one attached hydrogen (secondary N) is 1. The van der Waals surface area contributed by atoms with Gasteiger partial charge in [0.25, 0.3) is 5.92 Å². The quantitative estimate of drug-likeness (QED) is 0.191. The Bertz CT molecular complexity index is 2070. The monoisotopic (exact) mass is 833 g/mol. The first-order valence-electron chi connectivity index (χ1n) is 20.1. The van der Waals surface area contributed by atoms with E-state index in [0.717, 1.165) is 13.8 Å². The molecule has 16 heteroatoms. The molecule has 1 saturated heterocycles. The van der Waals surface area contributed by atoms with E-state index < -0.39 is 97.9 Å². The third-order valence-electron chi connectivity index (χ3n) is 12.6. The molecule has 7 atom stereocenters. The fourth-order valence-corrected chi connectivity index (χ4v) is 9.80. The van der Waals surface area contributed by atoms with E-state index in [2.05, 4.69) is 9.71 Å². The van der Waals surface area contributed by atoms with E-state index in [1.807, 2.05) is 26.0 Å². The number of esters is 1. The van der Waals surface area contributed by atoms with Crippen molar-refractivity contribution in [2.24, 2.45) is 29.1 Å². The third kappa shape index (κ3) is 9.16. The number of pyridine rings is 1. The number of methoxy groups -OCH3 is 1. The number of Topliss-reactive ketones (excluding diaryl/α,β-unsaturated/α-hetero) is 1. The van der Waals surface area contributed by atoms with Gasteiger partial charge in [0.05, 0.1) is 54.3 Å². The molecule has 6 rings (SSSR count). The average Bonchev–Trinajstić information content (AvgIpc) is 4.07. The summed E-state index contributed by atoms with van der Waals surface area (Å²) in [5, 5.41) is 0.133. The van der Waals surface area contributed by atoms with Gasteiger partial charge in [0.15, 0.2) is 11.4 Å². The summed E-state index contributed by atoms with van der Waals surface area (Å²) in [6.45, 7) is 6.59. The Kier molecular flexibility index (Phi) is 12.3. The number of nitrogens with zero attached hydrogens (tertiary/aromatic N) is 2. The fraction of sp³-hybridized carbons (Fsp3) is 0.643. The van der Waals surface area contributed by atoms with Gasteiger partial charge in [-0.25, -0.2) is 26.6 Å². The third-order valence-corrected chi connectivity index (χ3v) is 14.4. The molecule has 58 heavy (non-hydrogen) atoms. The Hall–Kier alpha value is -4.21. The van der Waals surface area contributed by atoms with Crippen molar-refractivity contribution in [1.82, 2.24) is 14.6 Å². The minimum absolute atomic E-state index is 0.0274. The Morgan fingerprint density at radius 3 is 2.47 bits per heavy atom. The first kappa shape index (κ1) is 43.4. The average molecular weight is 834 g/mol. The lowest BCUT2D eigenvalue weighted by Crippen LogP contribution is -2.48. The number of ketones is 1. The molecule has 2 saturated carbocycles. The molecule has 0 unspecified atom stereocenters. The van der Waals surface area contributed by atoms with E-state index in [4.69, 9.17) is 14.2 Å². The summed E-state index contributed by atoms with van der Waals surface area (Å²) < 4.78 is 88.7. The molecule has 1 aromatic carbocycles. The highest BCUT2D eigenvalue weighted by atomic mass is 32.2. The predicted molar refractivity (Wildman–Crippen MR) is 208 cm³/mol. The lowest BCUT2D eigenvalue weighted by molar-refractivity contribution is -0.197. The van der Waals surface area contributed by atoms with Crippen LogP contribution in [-0.4, -0.2) is 84.4 Å². The highest BCUT2D eigenvalue weighted by Gasteiger charge is 2.62. The second-order valence-electron chi connectivity index (χ2n) is 17.3. The molecule has 4 aliphatic rings. The number of halogens is 3. The van der Waals surface area contributed by atoms with Crippen LogP contribution in [0.3, 0.4) is 0 Å². The van der Waals surface area contributed by atoms with Gasteiger partial charge in [-0.3, -0.25) is 23.9 Å². The molecule has 1 N–H and O–H groups in total. The van der Waals surface area contributed by atoms with Gasteiger partial charge in [-0.2, -0.15) is 0 Å². The summed E-state index contributed by atoms with van der Waals surface area (Å²) in [6, 6.07) is 2.84. The second-order valence-corrected chi connectivity index (χ2v) is 19.2. The maximum absolute atomic E-state index is 15.0. The fourth-order valence-electron chi connectivity index (χ4n) is 8.42. The number of carbonyl (C=O) groups excluding carboxylic acids is 4. The van der Waals surface area contributed by atoms with Gasteiger partial charge in [-0.05, 0) is 88.3 Å². The highest BCUT2D eigenvalue weighted by molar-refractivity contribution is 7.90. The number of ether oxygens (including phenoxy) is 3. The number of alkyl halides is 2. The summed E-state index contributed by atoms with van der Waals surface area (Å²) in [6.07, 6.45) is 6.77. The van der Waals surface area contributed by atoms with Gasteiger partial charge in [-0.1, -0.05) is 32.4 Å². The van der Waals surface area contributed by atoms with E-state index in [9.17, 15) is 36.0 Å². The van der Waals surface area contributed by atoms with Gasteiger partial charge in [0, 0.05) is 25.2 Å². The normalized spacial score (nSPS) is 29.1. The van der Waals surface area contributed by atoms with Gasteiger partial charge < -0.3 is 19.1 Å². The summed E-state index contributed by atoms with van der Waals surface area (Å²) in [5.41, 5.74) is -3.54. The summed E-state index contributed by atoms with van der Waals surface area (Å²) in [5.74, 6) is -8.22. The van der Waals surface area contributed by atoms with Crippen LogP contribution in [0.4, 0.5) is 13.2 Å². The molecule has 3 heterocycles. The Balaban J connectivity index is 1.38. The van der Waals surface area contributed by atoms with Crippen LogP contribution in [0.15, 0.2) is 36.5 Å². The molecule has 3 fully saturated rings. The molecule has 2 aliphatic heterocycles. The molecule has 318 valence electrons. The molecule has 0 spiro atoms. The molecular formula is C42H54F3N3O9S. The van der Waals surface area contributed by atoms with Crippen LogP contribution in [0.2, 0.25) is 0 Å². The number of fused-ring (bicyclic) bond motifs is 3. The maximum atomic E-state index is 15.0. The zero-order valence-electron chi connectivity index (χ0n) is 33.9. The minimum atomic E-state index is -3.94. The lowest BCUT2D eigenvalue weighted by atomic mass is 9.79. The topological polar surface area (TPSA) is 158 Å². The lowest BCUT2D eigenvalue weighted by Gasteiger charge is -2.35. The van der Waals surface area contributed by atoms with Crippen LogP contribution in [0, 0.1) is 34.9 Å². The predicted octanol–water partition coefficient (Wildman–Crippen LogP) is 6.69. The molecular weight excluding hydrogens is 780 g/mol. The van der Waals surface area contributed by atoms with E-state index in [-0.39, 0.29) is 43.0 Å². The Morgan fingerprint density at radius 1 is 1.09 bits per heavy atom. The summed E-state index contributed by atoms with van der Waals surface area (Å²) in [7, 11) is -2.49. The molecule has 12 nitrogen and oxygen atoms in total. The molecule has 2 aromatic rings. The van der Waals surface area contributed by atoms with Crippen LogP contribution < -0.4 is 14.2 Å². The van der Waals surface area contributed by atoms with E-state index >= 15 is 4.79 Å². The second kappa shape index (κ2) is 16.4. The molecule has 2 aliphatic carbocycles. The summed E-state index contributed by atoms with van der Waals surface area (Å²) >= 11 is 0. The standard InChI is InChI=1S/C42H54F3N3O9S/c1-7-25-16-24(2)10-8-9-11-26-20-42(26,39(52)47-58(53,54)29-13-14-29)21-34(49)33-18-28(56-37-32-17-27(43)12-15-30(32)35(55-6)22-46-37)23-48(33)38(51)31(25)19-36(50)57-40(3,4)41(5,44)45/h9,11-12,15,17,22,24-26,28-29,31,33H,7-8,10,13-14,16,18-21,23H2,1-6H3,(H,47,52)/b11-9-/t24-,25-,26-,28-,31+,33+,42-/m1/s1. The minimum Gasteiger partial charge on any atom is -0.494 e. The number of hydrogen-bond acceptors (Lipinski definition) is 10. The molecule has 0 radical (unpaired) electrons. The number of sulfonamides is 1. The van der Waals surface area contributed by atoms with Crippen molar-refractivity contribution in [2.75, 3.05) is 13.7 Å². The van der Waals surface area contributed by atoms with Crippen molar-refractivity contribution in [3.8, 4) is 11.6 Å². The van der Waals surface area contributed by atoms with Crippen LogP contribution in [0.1, 0.15) is 98.8 Å². The Morgan fingerprint density at radius 2 is 1.81 bits per heavy atom. The number of amides is 2. The highest BCUT2D eigenvalue weighted by Crippen LogP contribution is 2.57. The van der Waals surface area contributed by atoms with Gasteiger partial charge >= 0.3 is 5.97 Å². The largest absolute Gasteiger partial charge is 0.494 e. The number of rotatable bonds is 11. The van der Waals surface area contributed by atoms with E-state index in [1.54, 1.807) is 0 Å². The van der Waals surface area contributed by atoms with Crippen molar-refractivity contribution in [3.05, 3.63) is 42.4 Å². The summed E-state index contributed by atoms with van der Waals surface area (Å²) in [4.78, 5) is 62.7. The number of benzene rings is 1. The Labute approximate surface area is 337 Å². The number of allylic oxidation sites excluding steroid dienone is 2. The van der Waals surface area contributed by atoms with Crippen molar-refractivity contribution >= 4 is 44.4 Å². The van der Waals surface area contributed by atoms with Crippen molar-refractivity contribution in [3.63, 3.8) is 0 Å². The first-order chi connectivity index (χ1) is 27.2. The number of aromatic nitrogens is 1. The van der Waals surface area contributed by atoms with Crippen molar-refractivity contribution in [2.45, 2.75) is 128 Å². The number of carbonyl (C=O) groups is 4. The van der Waals surface area contributed by atoms with Crippen molar-refractivity contribution in [1.29, 1.82) is 0 Å². The zero-order valence-corrected chi connectivity index (χ0v) is 34.7. The van der Waals surface area contributed by atoms with E-state index in [0.29, 0.717) is 56.6 Å². The smallest absolute Gasteiger partial charge is 0.307 e. The van der Waals surface area contributed by atoms with Gasteiger partial charge in [-0.15, -0.1) is 0 Å². The number of hydrogen-bond donors (Lipinski definition) is 1. The zero-order chi connectivity index (χ0) is 42.4.